The number of esters is 1. The number of aromatic nitrogens is 3. The average molecular weight is 346 g/mol. The van der Waals surface area contributed by atoms with Crippen LogP contribution in [0, 0.1) is 0 Å². The van der Waals surface area contributed by atoms with Crippen molar-refractivity contribution in [1.82, 2.24) is 20.1 Å². The zero-order valence-corrected chi connectivity index (χ0v) is 14.8. The molecule has 0 radical (unpaired) electrons. The van der Waals surface area contributed by atoms with Crippen LogP contribution in [0.25, 0.3) is 0 Å². The van der Waals surface area contributed by atoms with Crippen molar-refractivity contribution in [3.63, 3.8) is 0 Å². The third-order valence-corrected chi connectivity index (χ3v) is 5.58. The highest BCUT2D eigenvalue weighted by Gasteiger charge is 2.27. The van der Waals surface area contributed by atoms with Gasteiger partial charge in [0.15, 0.2) is 5.16 Å². The Kier molecular flexibility index (Phi) is 5.52. The number of piperidine rings is 1. The van der Waals surface area contributed by atoms with E-state index >= 15 is 0 Å². The summed E-state index contributed by atoms with van der Waals surface area (Å²) in [6.07, 6.45) is 2.13. The van der Waals surface area contributed by atoms with Gasteiger partial charge in [0.05, 0.1) is 7.11 Å². The average Bonchev–Trinajstić information content (AvgIpc) is 3.01. The van der Waals surface area contributed by atoms with Crippen LogP contribution in [0.1, 0.15) is 35.4 Å². The van der Waals surface area contributed by atoms with Crippen molar-refractivity contribution in [3.05, 3.63) is 41.7 Å². The summed E-state index contributed by atoms with van der Waals surface area (Å²) in [6.45, 7) is 2.02. The number of hydrogen-bond donors (Lipinski definition) is 1. The summed E-state index contributed by atoms with van der Waals surface area (Å²) in [4.78, 5) is 12.2. The van der Waals surface area contributed by atoms with Gasteiger partial charge in [0, 0.05) is 13.0 Å². The van der Waals surface area contributed by atoms with Gasteiger partial charge in [-0.25, -0.2) is 0 Å². The number of nitrogens with zero attached hydrogens (tertiary/aromatic N) is 3. The van der Waals surface area contributed by atoms with Crippen LogP contribution in [0.5, 0.6) is 0 Å². The number of rotatable bonds is 5. The first kappa shape index (κ1) is 17.0. The highest BCUT2D eigenvalue weighted by molar-refractivity contribution is 8.00. The minimum absolute atomic E-state index is 0.280. The fraction of sp³-hybridized carbons (Fsp3) is 0.471. The summed E-state index contributed by atoms with van der Waals surface area (Å²) in [7, 11) is 3.38. The summed E-state index contributed by atoms with van der Waals surface area (Å²) < 4.78 is 6.99. The van der Waals surface area contributed by atoms with Crippen molar-refractivity contribution >= 4 is 17.7 Å². The number of hydrogen-bond acceptors (Lipinski definition) is 6. The lowest BCUT2D eigenvalue weighted by molar-refractivity contribution is -0.140. The normalized spacial score (nSPS) is 16.8. The van der Waals surface area contributed by atoms with Crippen molar-refractivity contribution in [2.24, 2.45) is 7.05 Å². The van der Waals surface area contributed by atoms with Crippen LogP contribution in [-0.2, 0) is 16.6 Å². The van der Waals surface area contributed by atoms with E-state index in [0.717, 1.165) is 42.5 Å². The second-order valence-corrected chi connectivity index (χ2v) is 6.93. The Balaban J connectivity index is 1.82. The molecule has 2 heterocycles. The molecule has 128 valence electrons. The molecule has 0 bridgehead atoms. The van der Waals surface area contributed by atoms with Gasteiger partial charge in [0.1, 0.15) is 11.1 Å². The van der Waals surface area contributed by atoms with Gasteiger partial charge < -0.3 is 14.6 Å². The molecule has 0 spiro atoms. The monoisotopic (exact) mass is 346 g/mol. The smallest absolute Gasteiger partial charge is 0.323 e. The van der Waals surface area contributed by atoms with Crippen LogP contribution in [0.4, 0.5) is 0 Å². The summed E-state index contributed by atoms with van der Waals surface area (Å²) in [5.41, 5.74) is 0.903. The molecule has 0 aliphatic carbocycles. The maximum absolute atomic E-state index is 12.2. The first-order valence-corrected chi connectivity index (χ1v) is 8.98. The third-order valence-electron chi connectivity index (χ3n) is 4.31. The van der Waals surface area contributed by atoms with Crippen LogP contribution < -0.4 is 5.32 Å². The highest BCUT2D eigenvalue weighted by atomic mass is 32.2. The predicted molar refractivity (Wildman–Crippen MR) is 92.9 cm³/mol. The first-order valence-electron chi connectivity index (χ1n) is 8.10. The van der Waals surface area contributed by atoms with Crippen molar-refractivity contribution in [3.8, 4) is 0 Å². The van der Waals surface area contributed by atoms with Gasteiger partial charge in [0.25, 0.3) is 0 Å². The number of carbonyl (C=O) groups excluding carboxylic acids is 1. The second-order valence-electron chi connectivity index (χ2n) is 5.86. The molecular formula is C17H22N4O2S. The lowest BCUT2D eigenvalue weighted by Gasteiger charge is -2.21. The Morgan fingerprint density at radius 2 is 2.00 bits per heavy atom. The maximum atomic E-state index is 12.2. The molecule has 1 saturated heterocycles. The van der Waals surface area contributed by atoms with Crippen LogP contribution in [0.15, 0.2) is 35.5 Å². The molecule has 6 nitrogen and oxygen atoms in total. The molecule has 2 aromatic rings. The molecule has 7 heteroatoms. The number of nitrogens with one attached hydrogen (secondary N) is 1. The molecule has 0 saturated carbocycles. The fourth-order valence-corrected chi connectivity index (χ4v) is 3.99. The second kappa shape index (κ2) is 7.81. The molecule has 1 fully saturated rings. The molecule has 3 rings (SSSR count). The molecule has 1 N–H and O–H groups in total. The van der Waals surface area contributed by atoms with Gasteiger partial charge in [0.2, 0.25) is 0 Å². The third kappa shape index (κ3) is 3.62. The minimum Gasteiger partial charge on any atom is -0.468 e. The van der Waals surface area contributed by atoms with E-state index in [1.807, 2.05) is 41.9 Å². The number of thioether (sulfide) groups is 1. The zero-order chi connectivity index (χ0) is 16.9. The Morgan fingerprint density at radius 1 is 1.29 bits per heavy atom. The Labute approximate surface area is 146 Å². The summed E-state index contributed by atoms with van der Waals surface area (Å²) >= 11 is 1.39. The predicted octanol–water partition coefficient (Wildman–Crippen LogP) is 2.29. The Bertz CT molecular complexity index is 683. The van der Waals surface area contributed by atoms with Crippen LogP contribution in [0.2, 0.25) is 0 Å². The molecule has 0 amide bonds. The van der Waals surface area contributed by atoms with Gasteiger partial charge in [-0.3, -0.25) is 4.79 Å². The van der Waals surface area contributed by atoms with Gasteiger partial charge in [-0.2, -0.15) is 0 Å². The molecule has 1 aromatic carbocycles. The number of benzene rings is 1. The number of carbonyl (C=O) groups is 1. The lowest BCUT2D eigenvalue weighted by atomic mass is 9.97. The van der Waals surface area contributed by atoms with E-state index in [4.69, 9.17) is 4.74 Å². The fourth-order valence-electron chi connectivity index (χ4n) is 2.96. The van der Waals surface area contributed by atoms with Gasteiger partial charge in [-0.1, -0.05) is 42.1 Å². The van der Waals surface area contributed by atoms with E-state index in [9.17, 15) is 4.79 Å². The minimum atomic E-state index is -0.444. The molecule has 1 aliphatic heterocycles. The molecule has 1 atom stereocenters. The molecule has 1 aliphatic rings. The van der Waals surface area contributed by atoms with Gasteiger partial charge in [-0.15, -0.1) is 10.2 Å². The van der Waals surface area contributed by atoms with Gasteiger partial charge >= 0.3 is 5.97 Å². The maximum Gasteiger partial charge on any atom is 0.323 e. The summed E-state index contributed by atoms with van der Waals surface area (Å²) in [5, 5.41) is 12.4. The van der Waals surface area contributed by atoms with Crippen molar-refractivity contribution in [2.75, 3.05) is 20.2 Å². The number of ether oxygens (including phenoxy) is 1. The molecule has 1 aromatic heterocycles. The van der Waals surface area contributed by atoms with Crippen LogP contribution in [0.3, 0.4) is 0 Å². The number of methoxy groups -OCH3 is 1. The first-order chi connectivity index (χ1) is 11.7. The summed E-state index contributed by atoms with van der Waals surface area (Å²) in [5.74, 6) is 1.14. The van der Waals surface area contributed by atoms with E-state index in [1.54, 1.807) is 0 Å². The van der Waals surface area contributed by atoms with Crippen molar-refractivity contribution in [2.45, 2.75) is 29.2 Å². The van der Waals surface area contributed by atoms with Crippen LogP contribution >= 0.6 is 11.8 Å². The topological polar surface area (TPSA) is 69.0 Å². The van der Waals surface area contributed by atoms with Crippen molar-refractivity contribution < 1.29 is 9.53 Å². The SMILES string of the molecule is COC(=O)C(Sc1nnc(C2CCNCC2)n1C)c1ccccc1. The van der Waals surface area contributed by atoms with Crippen molar-refractivity contribution in [1.29, 1.82) is 0 Å². The lowest BCUT2D eigenvalue weighted by Crippen LogP contribution is -2.27. The summed E-state index contributed by atoms with van der Waals surface area (Å²) in [6, 6.07) is 9.63. The van der Waals surface area contributed by atoms with E-state index in [1.165, 1.54) is 18.9 Å². The zero-order valence-electron chi connectivity index (χ0n) is 13.9. The molecule has 24 heavy (non-hydrogen) atoms. The molecule has 1 unspecified atom stereocenters. The standard InChI is InChI=1S/C17H22N4O2S/c1-21-15(13-8-10-18-11-9-13)19-20-17(21)24-14(16(22)23-2)12-6-4-3-5-7-12/h3-7,13-14,18H,8-11H2,1-2H3. The van der Waals surface area contributed by atoms with Crippen LogP contribution in [-0.4, -0.2) is 40.9 Å². The molecular weight excluding hydrogens is 324 g/mol. The van der Waals surface area contributed by atoms with E-state index in [0.29, 0.717) is 5.92 Å². The largest absolute Gasteiger partial charge is 0.468 e. The van der Waals surface area contributed by atoms with E-state index in [-0.39, 0.29) is 5.97 Å². The van der Waals surface area contributed by atoms with E-state index in [2.05, 4.69) is 15.5 Å². The highest BCUT2D eigenvalue weighted by Crippen LogP contribution is 2.36. The Hall–Kier alpha value is -1.86. The Morgan fingerprint density at radius 3 is 2.67 bits per heavy atom. The quantitative estimate of drug-likeness (QED) is 0.662. The van der Waals surface area contributed by atoms with Gasteiger partial charge in [-0.05, 0) is 31.5 Å². The van der Waals surface area contributed by atoms with E-state index < -0.39 is 5.25 Å².